The summed E-state index contributed by atoms with van der Waals surface area (Å²) in [6.45, 7) is -0.552. The van der Waals surface area contributed by atoms with Crippen LogP contribution < -0.4 is 10.6 Å². The molecule has 7 nitrogen and oxygen atoms in total. The van der Waals surface area contributed by atoms with Gasteiger partial charge in [-0.1, -0.05) is 12.1 Å². The van der Waals surface area contributed by atoms with Gasteiger partial charge in [-0.3, -0.25) is 9.59 Å². The van der Waals surface area contributed by atoms with Crippen LogP contribution in [0.5, 0.6) is 0 Å². The number of aliphatic hydroxyl groups excluding tert-OH is 1. The molecule has 0 aliphatic rings. The van der Waals surface area contributed by atoms with E-state index in [1.165, 1.54) is 17.4 Å². The van der Waals surface area contributed by atoms with E-state index in [1.54, 1.807) is 29.0 Å². The number of hydrogen-bond donors (Lipinski definition) is 3. The Kier molecular flexibility index (Phi) is 6.49. The zero-order valence-corrected chi connectivity index (χ0v) is 14.9. The lowest BCUT2D eigenvalue weighted by atomic mass is 10.3. The lowest BCUT2D eigenvalue weighted by molar-refractivity contribution is -0.139. The number of rotatable bonds is 7. The number of hydrogen-bond acceptors (Lipinski definition) is 7. The first kappa shape index (κ1) is 18.6. The third-order valence-corrected chi connectivity index (χ3v) is 7.71. The number of carbonyl (C=O) groups excluding carboxylic acids is 2. The summed E-state index contributed by atoms with van der Waals surface area (Å²) in [6.07, 6.45) is 0. The summed E-state index contributed by atoms with van der Waals surface area (Å²) < 4.78 is 25.8. The normalized spacial score (nSPS) is 12.5. The van der Waals surface area contributed by atoms with Crippen LogP contribution >= 0.6 is 22.7 Å². The molecule has 0 saturated carbocycles. The summed E-state index contributed by atoms with van der Waals surface area (Å²) in [5.41, 5.74) is 0. The Morgan fingerprint density at radius 2 is 1.75 bits per heavy atom. The van der Waals surface area contributed by atoms with Crippen molar-refractivity contribution in [3.8, 4) is 0 Å². The molecule has 0 bridgehead atoms. The van der Waals surface area contributed by atoms with Crippen LogP contribution in [0.15, 0.2) is 39.2 Å². The molecular weight excluding hydrogens is 372 g/mol. The second-order valence-corrected chi connectivity index (χ2v) is 8.95. The lowest BCUT2D eigenvalue weighted by Gasteiger charge is -2.16. The highest BCUT2D eigenvalue weighted by Crippen LogP contribution is 2.33. The molecule has 10 heteroatoms. The Morgan fingerprint density at radius 1 is 1.08 bits per heavy atom. The van der Waals surface area contributed by atoms with Gasteiger partial charge in [-0.2, -0.15) is 0 Å². The van der Waals surface area contributed by atoms with Gasteiger partial charge < -0.3 is 15.7 Å². The van der Waals surface area contributed by atoms with Gasteiger partial charge in [-0.25, -0.2) is 8.42 Å². The van der Waals surface area contributed by atoms with Crippen LogP contribution in [0.25, 0.3) is 0 Å². The predicted molar refractivity (Wildman–Crippen MR) is 91.7 cm³/mol. The first-order chi connectivity index (χ1) is 11.5. The Hall–Kier alpha value is -1.75. The number of aliphatic hydroxyl groups is 1. The molecule has 2 heterocycles. The molecule has 0 fully saturated rings. The van der Waals surface area contributed by atoms with Crippen molar-refractivity contribution in [3.05, 3.63) is 39.9 Å². The third kappa shape index (κ3) is 4.41. The Balaban J connectivity index is 2.14. The van der Waals surface area contributed by atoms with Crippen molar-refractivity contribution in [2.24, 2.45) is 0 Å². The Morgan fingerprint density at radius 3 is 2.33 bits per heavy atom. The van der Waals surface area contributed by atoms with Gasteiger partial charge in [0.1, 0.15) is 9.46 Å². The van der Waals surface area contributed by atoms with Gasteiger partial charge >= 0.3 is 11.8 Å². The number of thiophene rings is 2. The van der Waals surface area contributed by atoms with E-state index in [0.29, 0.717) is 4.88 Å². The molecule has 2 aromatic rings. The quantitative estimate of drug-likeness (QED) is 0.600. The fraction of sp³-hybridized carbons (Fsp3) is 0.286. The minimum Gasteiger partial charge on any atom is -0.395 e. The van der Waals surface area contributed by atoms with E-state index in [1.807, 2.05) is 0 Å². The number of amides is 2. The molecular formula is C14H16N2O5S3. The summed E-state index contributed by atoms with van der Waals surface area (Å²) in [5.74, 6) is -1.85. The van der Waals surface area contributed by atoms with Crippen molar-refractivity contribution in [2.45, 2.75) is 9.46 Å². The highest BCUT2D eigenvalue weighted by Gasteiger charge is 2.31. The zero-order valence-electron chi connectivity index (χ0n) is 12.5. The molecule has 2 aromatic heterocycles. The zero-order chi connectivity index (χ0) is 17.6. The van der Waals surface area contributed by atoms with E-state index >= 15 is 0 Å². The highest BCUT2D eigenvalue weighted by atomic mass is 32.2. The van der Waals surface area contributed by atoms with E-state index in [0.717, 1.165) is 11.3 Å². The predicted octanol–water partition coefficient (Wildman–Crippen LogP) is 0.549. The van der Waals surface area contributed by atoms with Crippen molar-refractivity contribution >= 4 is 44.3 Å². The first-order valence-corrected chi connectivity index (χ1v) is 10.2. The van der Waals surface area contributed by atoms with Gasteiger partial charge in [0, 0.05) is 18.0 Å². The summed E-state index contributed by atoms with van der Waals surface area (Å²) in [5, 5.41) is 15.6. The summed E-state index contributed by atoms with van der Waals surface area (Å²) in [4.78, 5) is 23.8. The largest absolute Gasteiger partial charge is 0.395 e. The average Bonchev–Trinajstić information content (AvgIpc) is 3.25. The molecule has 3 N–H and O–H groups in total. The maximum atomic E-state index is 12.8. The molecule has 0 saturated heterocycles. The van der Waals surface area contributed by atoms with Crippen molar-refractivity contribution in [2.75, 3.05) is 19.7 Å². The van der Waals surface area contributed by atoms with Gasteiger partial charge in [-0.15, -0.1) is 22.7 Å². The number of nitrogens with one attached hydrogen (secondary N) is 2. The Labute approximate surface area is 147 Å². The molecule has 0 aromatic carbocycles. The third-order valence-electron chi connectivity index (χ3n) is 3.06. The molecule has 24 heavy (non-hydrogen) atoms. The molecule has 1 atom stereocenters. The summed E-state index contributed by atoms with van der Waals surface area (Å²) in [6, 6.07) is 6.56. The maximum absolute atomic E-state index is 12.8. The van der Waals surface area contributed by atoms with Crippen LogP contribution in [0, 0.1) is 0 Å². The van der Waals surface area contributed by atoms with Gasteiger partial charge in [-0.05, 0) is 22.9 Å². The molecule has 130 valence electrons. The summed E-state index contributed by atoms with van der Waals surface area (Å²) >= 11 is 2.37. The van der Waals surface area contributed by atoms with Gasteiger partial charge in [0.15, 0.2) is 9.84 Å². The van der Waals surface area contributed by atoms with Crippen molar-refractivity contribution in [1.29, 1.82) is 0 Å². The minimum absolute atomic E-state index is 0.0475. The monoisotopic (exact) mass is 388 g/mol. The fourth-order valence-corrected chi connectivity index (χ4v) is 5.91. The molecule has 2 amide bonds. The average molecular weight is 388 g/mol. The number of sulfone groups is 1. The summed E-state index contributed by atoms with van der Waals surface area (Å²) in [7, 11) is -3.68. The van der Waals surface area contributed by atoms with E-state index in [4.69, 9.17) is 5.11 Å². The topological polar surface area (TPSA) is 113 Å². The molecule has 0 spiro atoms. The highest BCUT2D eigenvalue weighted by molar-refractivity contribution is 7.93. The van der Waals surface area contributed by atoms with E-state index in [9.17, 15) is 18.0 Å². The van der Waals surface area contributed by atoms with Crippen LogP contribution in [0.1, 0.15) is 10.1 Å². The van der Waals surface area contributed by atoms with Crippen LogP contribution in [-0.2, 0) is 19.4 Å². The lowest BCUT2D eigenvalue weighted by Crippen LogP contribution is -2.42. The van der Waals surface area contributed by atoms with E-state index in [2.05, 4.69) is 10.6 Å². The smallest absolute Gasteiger partial charge is 0.309 e. The van der Waals surface area contributed by atoms with Crippen LogP contribution in [0.2, 0.25) is 0 Å². The maximum Gasteiger partial charge on any atom is 0.309 e. The van der Waals surface area contributed by atoms with Crippen LogP contribution in [-0.4, -0.2) is 45.0 Å². The van der Waals surface area contributed by atoms with Gasteiger partial charge in [0.2, 0.25) is 0 Å². The van der Waals surface area contributed by atoms with Crippen molar-refractivity contribution in [3.63, 3.8) is 0 Å². The van der Waals surface area contributed by atoms with Crippen molar-refractivity contribution in [1.82, 2.24) is 10.6 Å². The fourth-order valence-electron chi connectivity index (χ4n) is 1.92. The molecule has 0 unspecified atom stereocenters. The van der Waals surface area contributed by atoms with E-state index < -0.39 is 26.9 Å². The van der Waals surface area contributed by atoms with Crippen molar-refractivity contribution < 1.29 is 23.1 Å². The van der Waals surface area contributed by atoms with E-state index in [-0.39, 0.29) is 23.9 Å². The molecule has 0 radical (unpaired) electrons. The molecule has 0 aliphatic heterocycles. The molecule has 2 rings (SSSR count). The SMILES string of the molecule is O=C(NCCO)C(=O)NC[C@@H](c1cccs1)S(=O)(=O)c1cccs1. The van der Waals surface area contributed by atoms with Gasteiger partial charge in [0.05, 0.1) is 6.61 Å². The van der Waals surface area contributed by atoms with Gasteiger partial charge in [0.25, 0.3) is 0 Å². The first-order valence-electron chi connectivity index (χ1n) is 6.94. The van der Waals surface area contributed by atoms with Crippen LogP contribution in [0.4, 0.5) is 0 Å². The molecule has 0 aliphatic carbocycles. The minimum atomic E-state index is -3.68. The van der Waals surface area contributed by atoms with Crippen LogP contribution in [0.3, 0.4) is 0 Å². The number of carbonyl (C=O) groups is 2. The second kappa shape index (κ2) is 8.38. The standard InChI is InChI=1S/C14H16N2O5S3/c17-6-5-15-13(18)14(19)16-9-11(10-3-1-7-22-10)24(20,21)12-4-2-8-23-12/h1-4,7-8,11,17H,5-6,9H2,(H,15,18)(H,16,19)/t11-/m0/s1. The second-order valence-electron chi connectivity index (χ2n) is 4.67. The Bertz CT molecular complexity index is 769.